The molecule has 4 nitrogen and oxygen atoms in total. The minimum absolute atomic E-state index is 0.124. The second-order valence-electron chi connectivity index (χ2n) is 4.66. The number of piperazine rings is 1. The van der Waals surface area contributed by atoms with Crippen molar-refractivity contribution in [3.8, 4) is 0 Å². The van der Waals surface area contributed by atoms with E-state index in [0.717, 1.165) is 38.9 Å². The summed E-state index contributed by atoms with van der Waals surface area (Å²) in [6.07, 6.45) is 5.32. The maximum absolute atomic E-state index is 11.9. The number of carbonyl (C=O) groups excluding carboxylic acids is 1. The van der Waals surface area contributed by atoms with Crippen LogP contribution in [0.15, 0.2) is 0 Å². The Labute approximate surface area is 105 Å². The highest BCUT2D eigenvalue weighted by molar-refractivity contribution is 5.68. The van der Waals surface area contributed by atoms with Gasteiger partial charge in [-0.05, 0) is 12.8 Å². The van der Waals surface area contributed by atoms with Crippen LogP contribution in [0.2, 0.25) is 0 Å². The molecule has 17 heavy (non-hydrogen) atoms. The Morgan fingerprint density at radius 2 is 2.12 bits per heavy atom. The van der Waals surface area contributed by atoms with Gasteiger partial charge in [-0.3, -0.25) is 0 Å². The fourth-order valence-electron chi connectivity index (χ4n) is 2.09. The van der Waals surface area contributed by atoms with E-state index >= 15 is 0 Å². The molecule has 0 bridgehead atoms. The lowest BCUT2D eigenvalue weighted by Crippen LogP contribution is -2.53. The molecule has 1 amide bonds. The van der Waals surface area contributed by atoms with Gasteiger partial charge in [-0.2, -0.15) is 0 Å². The predicted molar refractivity (Wildman–Crippen MR) is 69.1 cm³/mol. The summed E-state index contributed by atoms with van der Waals surface area (Å²) in [5.41, 5.74) is 0. The Bertz CT molecular complexity index is 221. The summed E-state index contributed by atoms with van der Waals surface area (Å²) < 4.78 is 5.29. The van der Waals surface area contributed by atoms with E-state index in [2.05, 4.69) is 19.2 Å². The van der Waals surface area contributed by atoms with Gasteiger partial charge < -0.3 is 15.0 Å². The number of nitrogens with one attached hydrogen (secondary N) is 1. The molecule has 1 rings (SSSR count). The van der Waals surface area contributed by atoms with Crippen molar-refractivity contribution in [2.45, 2.75) is 52.0 Å². The Hall–Kier alpha value is -0.770. The summed E-state index contributed by atoms with van der Waals surface area (Å²) in [4.78, 5) is 13.8. The zero-order valence-electron chi connectivity index (χ0n) is 11.2. The van der Waals surface area contributed by atoms with Gasteiger partial charge in [-0.25, -0.2) is 4.79 Å². The highest BCUT2D eigenvalue weighted by Gasteiger charge is 2.26. The zero-order valence-corrected chi connectivity index (χ0v) is 11.2. The predicted octanol–water partition coefficient (Wildman–Crippen LogP) is 2.39. The molecule has 0 aromatic heterocycles. The van der Waals surface area contributed by atoms with E-state index in [1.807, 2.05) is 4.90 Å². The van der Waals surface area contributed by atoms with Crippen LogP contribution in [0.4, 0.5) is 4.79 Å². The SMILES string of the molecule is CCCCOC(=O)N1CCNCC1CCCC. The molecule has 1 aliphatic rings. The highest BCUT2D eigenvalue weighted by Crippen LogP contribution is 2.12. The molecule has 0 aromatic rings. The van der Waals surface area contributed by atoms with Gasteiger partial charge >= 0.3 is 6.09 Å². The fraction of sp³-hybridized carbons (Fsp3) is 0.923. The Kier molecular flexibility index (Phi) is 7.01. The third-order valence-electron chi connectivity index (χ3n) is 3.20. The van der Waals surface area contributed by atoms with Crippen molar-refractivity contribution in [1.82, 2.24) is 10.2 Å². The van der Waals surface area contributed by atoms with Crippen molar-refractivity contribution in [3.05, 3.63) is 0 Å². The van der Waals surface area contributed by atoms with Gasteiger partial charge in [-0.15, -0.1) is 0 Å². The van der Waals surface area contributed by atoms with Crippen LogP contribution >= 0.6 is 0 Å². The van der Waals surface area contributed by atoms with Gasteiger partial charge in [0.2, 0.25) is 0 Å². The number of unbranched alkanes of at least 4 members (excludes halogenated alkanes) is 2. The molecule has 1 aliphatic heterocycles. The lowest BCUT2D eigenvalue weighted by Gasteiger charge is -2.35. The lowest BCUT2D eigenvalue weighted by atomic mass is 10.1. The second-order valence-corrected chi connectivity index (χ2v) is 4.66. The molecule has 4 heteroatoms. The summed E-state index contributed by atoms with van der Waals surface area (Å²) in [6.45, 7) is 7.40. The van der Waals surface area contributed by atoms with Crippen molar-refractivity contribution in [1.29, 1.82) is 0 Å². The maximum Gasteiger partial charge on any atom is 0.410 e. The molecule has 0 aliphatic carbocycles. The molecular weight excluding hydrogens is 216 g/mol. The van der Waals surface area contributed by atoms with Gasteiger partial charge in [0.25, 0.3) is 0 Å². The topological polar surface area (TPSA) is 41.6 Å². The summed E-state index contributed by atoms with van der Waals surface area (Å²) in [5.74, 6) is 0. The number of hydrogen-bond donors (Lipinski definition) is 1. The first-order chi connectivity index (χ1) is 8.29. The van der Waals surface area contributed by atoms with Crippen LogP contribution in [-0.4, -0.2) is 43.3 Å². The molecule has 1 fully saturated rings. The van der Waals surface area contributed by atoms with Crippen LogP contribution in [0.25, 0.3) is 0 Å². The third kappa shape index (κ3) is 4.94. The maximum atomic E-state index is 11.9. The minimum Gasteiger partial charge on any atom is -0.449 e. The fourth-order valence-corrected chi connectivity index (χ4v) is 2.09. The van der Waals surface area contributed by atoms with Crippen molar-refractivity contribution < 1.29 is 9.53 Å². The average molecular weight is 242 g/mol. The van der Waals surface area contributed by atoms with Crippen LogP contribution in [-0.2, 0) is 4.74 Å². The van der Waals surface area contributed by atoms with Gasteiger partial charge in [-0.1, -0.05) is 33.1 Å². The Morgan fingerprint density at radius 3 is 2.82 bits per heavy atom. The summed E-state index contributed by atoms with van der Waals surface area (Å²) in [5, 5.41) is 3.35. The van der Waals surface area contributed by atoms with Gasteiger partial charge in [0.05, 0.1) is 6.61 Å². The van der Waals surface area contributed by atoms with E-state index in [9.17, 15) is 4.79 Å². The first kappa shape index (κ1) is 14.3. The molecule has 100 valence electrons. The molecule has 0 aromatic carbocycles. The number of ether oxygens (including phenoxy) is 1. The molecule has 1 atom stereocenters. The standard InChI is InChI=1S/C13H26N2O2/c1-3-5-7-12-11-14-8-9-15(12)13(16)17-10-6-4-2/h12,14H,3-11H2,1-2H3. The molecule has 1 N–H and O–H groups in total. The number of carbonyl (C=O) groups is 1. The molecular formula is C13H26N2O2. The van der Waals surface area contributed by atoms with Crippen LogP contribution < -0.4 is 5.32 Å². The van der Waals surface area contributed by atoms with Crippen molar-refractivity contribution in [3.63, 3.8) is 0 Å². The largest absolute Gasteiger partial charge is 0.449 e. The number of hydrogen-bond acceptors (Lipinski definition) is 3. The summed E-state index contributed by atoms with van der Waals surface area (Å²) in [6, 6.07) is 0.317. The lowest BCUT2D eigenvalue weighted by molar-refractivity contribution is 0.0739. The number of nitrogens with zero attached hydrogens (tertiary/aromatic N) is 1. The van der Waals surface area contributed by atoms with Crippen LogP contribution in [0, 0.1) is 0 Å². The summed E-state index contributed by atoms with van der Waals surface area (Å²) >= 11 is 0. The first-order valence-corrected chi connectivity index (χ1v) is 6.93. The zero-order chi connectivity index (χ0) is 12.5. The third-order valence-corrected chi connectivity index (χ3v) is 3.20. The number of amides is 1. The molecule has 1 saturated heterocycles. The minimum atomic E-state index is -0.124. The van der Waals surface area contributed by atoms with E-state index in [-0.39, 0.29) is 6.09 Å². The van der Waals surface area contributed by atoms with Crippen molar-refractivity contribution >= 4 is 6.09 Å². The number of rotatable bonds is 6. The molecule has 1 unspecified atom stereocenters. The van der Waals surface area contributed by atoms with E-state index in [4.69, 9.17) is 4.74 Å². The van der Waals surface area contributed by atoms with E-state index in [0.29, 0.717) is 12.6 Å². The van der Waals surface area contributed by atoms with Gasteiger partial charge in [0.1, 0.15) is 0 Å². The average Bonchev–Trinajstić information content (AvgIpc) is 2.37. The van der Waals surface area contributed by atoms with Crippen molar-refractivity contribution in [2.24, 2.45) is 0 Å². The molecule has 0 spiro atoms. The Morgan fingerprint density at radius 1 is 1.35 bits per heavy atom. The smallest absolute Gasteiger partial charge is 0.410 e. The van der Waals surface area contributed by atoms with Crippen LogP contribution in [0.5, 0.6) is 0 Å². The highest BCUT2D eigenvalue weighted by atomic mass is 16.6. The van der Waals surface area contributed by atoms with Gasteiger partial charge in [0, 0.05) is 25.7 Å². The quantitative estimate of drug-likeness (QED) is 0.727. The second kappa shape index (κ2) is 8.34. The molecule has 0 saturated carbocycles. The monoisotopic (exact) mass is 242 g/mol. The molecule has 0 radical (unpaired) electrons. The van der Waals surface area contributed by atoms with Crippen LogP contribution in [0.1, 0.15) is 46.0 Å². The molecule has 1 heterocycles. The first-order valence-electron chi connectivity index (χ1n) is 6.93. The van der Waals surface area contributed by atoms with Crippen LogP contribution in [0.3, 0.4) is 0 Å². The van der Waals surface area contributed by atoms with E-state index < -0.39 is 0 Å². The normalized spacial score (nSPS) is 20.4. The van der Waals surface area contributed by atoms with Gasteiger partial charge in [0.15, 0.2) is 0 Å². The van der Waals surface area contributed by atoms with Crippen molar-refractivity contribution in [2.75, 3.05) is 26.2 Å². The Balaban J connectivity index is 2.37. The van der Waals surface area contributed by atoms with E-state index in [1.165, 1.54) is 12.8 Å². The summed E-state index contributed by atoms with van der Waals surface area (Å²) in [7, 11) is 0. The van der Waals surface area contributed by atoms with E-state index in [1.54, 1.807) is 0 Å².